The van der Waals surface area contributed by atoms with Gasteiger partial charge in [-0.3, -0.25) is 14.4 Å². The minimum atomic E-state index is -0.933. The Labute approximate surface area is 127 Å². The van der Waals surface area contributed by atoms with Gasteiger partial charge in [-0.05, 0) is 18.2 Å². The van der Waals surface area contributed by atoms with E-state index in [4.69, 9.17) is 19.4 Å². The molecule has 1 heterocycles. The summed E-state index contributed by atoms with van der Waals surface area (Å²) in [5, 5.41) is 11.7. The van der Waals surface area contributed by atoms with Gasteiger partial charge in [0.1, 0.15) is 6.04 Å². The van der Waals surface area contributed by atoms with Gasteiger partial charge in [0.15, 0.2) is 11.5 Å². The summed E-state index contributed by atoms with van der Waals surface area (Å²) in [6.45, 7) is 0.364. The monoisotopic (exact) mass is 310 g/mol. The predicted octanol–water partition coefficient (Wildman–Crippen LogP) is 0.180. The zero-order chi connectivity index (χ0) is 16.1. The van der Waals surface area contributed by atoms with E-state index in [-0.39, 0.29) is 6.10 Å². The fourth-order valence-corrected chi connectivity index (χ4v) is 2.15. The van der Waals surface area contributed by atoms with Crippen LogP contribution in [0.2, 0.25) is 0 Å². The quantitative estimate of drug-likeness (QED) is 0.644. The third-order valence-corrected chi connectivity index (χ3v) is 3.35. The number of hydroxylamine groups is 1. The SMILES string of the molecule is COc1ccc(C(=O)NO[C@H]2CN[C@H](C(=O)O)C2)cc1OC. The number of carboxylic acid groups (broad SMARTS) is 1. The minimum Gasteiger partial charge on any atom is -0.493 e. The maximum atomic E-state index is 12.0. The molecule has 1 aromatic rings. The molecular weight excluding hydrogens is 292 g/mol. The molecule has 2 rings (SSSR count). The number of benzene rings is 1. The average Bonchev–Trinajstić information content (AvgIpc) is 3.01. The van der Waals surface area contributed by atoms with E-state index >= 15 is 0 Å². The summed E-state index contributed by atoms with van der Waals surface area (Å²) in [5.41, 5.74) is 2.67. The van der Waals surface area contributed by atoms with Gasteiger partial charge in [0.2, 0.25) is 0 Å². The minimum absolute atomic E-state index is 0.293. The average molecular weight is 310 g/mol. The molecule has 3 N–H and O–H groups in total. The van der Waals surface area contributed by atoms with E-state index in [0.717, 1.165) is 0 Å². The summed E-state index contributed by atoms with van der Waals surface area (Å²) in [4.78, 5) is 28.1. The van der Waals surface area contributed by atoms with E-state index in [1.165, 1.54) is 20.3 Å². The number of nitrogens with one attached hydrogen (secondary N) is 2. The molecule has 0 bridgehead atoms. The van der Waals surface area contributed by atoms with Gasteiger partial charge in [-0.15, -0.1) is 0 Å². The van der Waals surface area contributed by atoms with Crippen molar-refractivity contribution in [2.24, 2.45) is 0 Å². The summed E-state index contributed by atoms with van der Waals surface area (Å²) >= 11 is 0. The Morgan fingerprint density at radius 3 is 2.59 bits per heavy atom. The zero-order valence-electron chi connectivity index (χ0n) is 12.3. The van der Waals surface area contributed by atoms with Crippen molar-refractivity contribution >= 4 is 11.9 Å². The lowest BCUT2D eigenvalue weighted by molar-refractivity contribution is -0.139. The molecule has 1 aliphatic rings. The van der Waals surface area contributed by atoms with Crippen LogP contribution in [0.3, 0.4) is 0 Å². The van der Waals surface area contributed by atoms with Crippen LogP contribution < -0.4 is 20.3 Å². The highest BCUT2D eigenvalue weighted by Gasteiger charge is 2.30. The molecule has 0 unspecified atom stereocenters. The van der Waals surface area contributed by atoms with Crippen LogP contribution in [0.15, 0.2) is 18.2 Å². The van der Waals surface area contributed by atoms with Gasteiger partial charge in [-0.2, -0.15) is 0 Å². The van der Waals surface area contributed by atoms with E-state index in [0.29, 0.717) is 30.0 Å². The molecule has 0 radical (unpaired) electrons. The molecule has 22 heavy (non-hydrogen) atoms. The van der Waals surface area contributed by atoms with Crippen molar-refractivity contribution in [1.82, 2.24) is 10.8 Å². The van der Waals surface area contributed by atoms with Crippen molar-refractivity contribution in [2.45, 2.75) is 18.6 Å². The molecule has 1 aliphatic heterocycles. The fraction of sp³-hybridized carbons (Fsp3) is 0.429. The van der Waals surface area contributed by atoms with Crippen LogP contribution >= 0.6 is 0 Å². The summed E-state index contributed by atoms with van der Waals surface area (Å²) < 4.78 is 10.2. The Morgan fingerprint density at radius 2 is 2.00 bits per heavy atom. The summed E-state index contributed by atoms with van der Waals surface area (Å²) in [5.74, 6) is -0.426. The molecule has 1 amide bonds. The second kappa shape index (κ2) is 7.10. The third kappa shape index (κ3) is 3.66. The summed E-state index contributed by atoms with van der Waals surface area (Å²) in [6.07, 6.45) is -0.0909. The molecule has 1 fully saturated rings. The van der Waals surface area contributed by atoms with Gasteiger partial charge < -0.3 is 19.9 Å². The Bertz CT molecular complexity index is 562. The number of aliphatic carboxylic acids is 1. The first-order chi connectivity index (χ1) is 10.5. The smallest absolute Gasteiger partial charge is 0.320 e. The number of carbonyl (C=O) groups excluding carboxylic acids is 1. The van der Waals surface area contributed by atoms with E-state index < -0.39 is 17.9 Å². The standard InChI is InChI=1S/C14H18N2O6/c1-20-11-4-3-8(5-12(11)21-2)13(17)16-22-9-6-10(14(18)19)15-7-9/h3-5,9-10,15H,6-7H2,1-2H3,(H,16,17)(H,18,19)/t9-,10+/m1/s1. The first-order valence-electron chi connectivity index (χ1n) is 6.69. The number of carboxylic acids is 1. The van der Waals surface area contributed by atoms with Gasteiger partial charge in [0.05, 0.1) is 20.3 Å². The molecule has 120 valence electrons. The normalized spacial score (nSPS) is 20.5. The van der Waals surface area contributed by atoms with Crippen LogP contribution in [0.4, 0.5) is 0 Å². The first-order valence-corrected chi connectivity index (χ1v) is 6.69. The molecule has 8 heteroatoms. The number of ether oxygens (including phenoxy) is 2. The Hall–Kier alpha value is -2.32. The molecule has 2 atom stereocenters. The van der Waals surface area contributed by atoms with Gasteiger partial charge >= 0.3 is 5.97 Å². The number of hydrogen-bond acceptors (Lipinski definition) is 6. The zero-order valence-corrected chi connectivity index (χ0v) is 12.3. The fourth-order valence-electron chi connectivity index (χ4n) is 2.15. The van der Waals surface area contributed by atoms with Crippen molar-refractivity contribution in [1.29, 1.82) is 0 Å². The third-order valence-electron chi connectivity index (χ3n) is 3.35. The van der Waals surface area contributed by atoms with Crippen LogP contribution in [-0.2, 0) is 9.63 Å². The topological polar surface area (TPSA) is 106 Å². The summed E-state index contributed by atoms with van der Waals surface area (Å²) in [7, 11) is 2.99. The number of methoxy groups -OCH3 is 2. The van der Waals surface area contributed by atoms with Gasteiger partial charge in [0, 0.05) is 18.5 Å². The van der Waals surface area contributed by atoms with Crippen molar-refractivity contribution in [3.8, 4) is 11.5 Å². The molecule has 1 aromatic carbocycles. The van der Waals surface area contributed by atoms with Crippen molar-refractivity contribution in [3.05, 3.63) is 23.8 Å². The molecule has 0 aromatic heterocycles. The molecule has 8 nitrogen and oxygen atoms in total. The molecule has 1 saturated heterocycles. The number of hydrogen-bond donors (Lipinski definition) is 3. The van der Waals surface area contributed by atoms with Crippen LogP contribution in [0.25, 0.3) is 0 Å². The maximum absolute atomic E-state index is 12.0. The van der Waals surface area contributed by atoms with Crippen molar-refractivity contribution in [2.75, 3.05) is 20.8 Å². The van der Waals surface area contributed by atoms with Crippen LogP contribution in [0.1, 0.15) is 16.8 Å². The highest BCUT2D eigenvalue weighted by Crippen LogP contribution is 2.27. The van der Waals surface area contributed by atoms with Gasteiger partial charge in [-0.1, -0.05) is 0 Å². The van der Waals surface area contributed by atoms with Crippen LogP contribution in [0.5, 0.6) is 11.5 Å². The second-order valence-electron chi connectivity index (χ2n) is 4.78. The van der Waals surface area contributed by atoms with E-state index in [1.54, 1.807) is 12.1 Å². The highest BCUT2D eigenvalue weighted by atomic mass is 16.7. The maximum Gasteiger partial charge on any atom is 0.320 e. The van der Waals surface area contributed by atoms with Gasteiger partial charge in [0.25, 0.3) is 5.91 Å². The summed E-state index contributed by atoms with van der Waals surface area (Å²) in [6, 6.07) is 4.07. The number of carbonyl (C=O) groups is 2. The van der Waals surface area contributed by atoms with Crippen molar-refractivity contribution in [3.63, 3.8) is 0 Å². The highest BCUT2D eigenvalue weighted by molar-refractivity contribution is 5.94. The Kier molecular flexibility index (Phi) is 5.18. The van der Waals surface area contributed by atoms with Crippen LogP contribution in [0, 0.1) is 0 Å². The van der Waals surface area contributed by atoms with E-state index in [2.05, 4.69) is 10.8 Å². The molecule has 0 spiro atoms. The molecule has 0 saturated carbocycles. The van der Waals surface area contributed by atoms with E-state index in [9.17, 15) is 9.59 Å². The van der Waals surface area contributed by atoms with Crippen molar-refractivity contribution < 1.29 is 29.0 Å². The van der Waals surface area contributed by atoms with E-state index in [1.807, 2.05) is 0 Å². The lowest BCUT2D eigenvalue weighted by Gasteiger charge is -2.12. The Morgan fingerprint density at radius 1 is 1.27 bits per heavy atom. The number of rotatable bonds is 6. The largest absolute Gasteiger partial charge is 0.493 e. The number of amides is 1. The molecule has 0 aliphatic carbocycles. The lowest BCUT2D eigenvalue weighted by atomic mass is 10.2. The Balaban J connectivity index is 1.91. The molecular formula is C14H18N2O6. The first kappa shape index (κ1) is 16.1. The van der Waals surface area contributed by atoms with Gasteiger partial charge in [-0.25, -0.2) is 5.48 Å². The second-order valence-corrected chi connectivity index (χ2v) is 4.78. The lowest BCUT2D eigenvalue weighted by Crippen LogP contribution is -2.30. The van der Waals surface area contributed by atoms with Crippen LogP contribution in [-0.4, -0.2) is 49.9 Å². The predicted molar refractivity (Wildman–Crippen MR) is 75.9 cm³/mol.